The third-order valence-electron chi connectivity index (χ3n) is 4.12. The Morgan fingerprint density at radius 3 is 2.54 bits per heavy atom. The molecule has 2 aromatic carbocycles. The Morgan fingerprint density at radius 1 is 1.00 bits per heavy atom. The van der Waals surface area contributed by atoms with E-state index in [0.29, 0.717) is 28.6 Å². The number of anilines is 2. The zero-order chi connectivity index (χ0) is 18.3. The van der Waals surface area contributed by atoms with Crippen LogP contribution in [0, 0.1) is 0 Å². The molecule has 2 aliphatic rings. The second kappa shape index (κ2) is 6.30. The van der Waals surface area contributed by atoms with Crippen LogP contribution in [-0.2, 0) is 9.59 Å². The van der Waals surface area contributed by atoms with Gasteiger partial charge in [-0.2, -0.15) is 0 Å². The number of ether oxygens (including phenoxy) is 3. The molecule has 7 nitrogen and oxygen atoms in total. The van der Waals surface area contributed by atoms with E-state index in [4.69, 9.17) is 26.4 Å². The second-order valence-corrected chi connectivity index (χ2v) is 5.99. The van der Waals surface area contributed by atoms with Gasteiger partial charge in [0.15, 0.2) is 16.6 Å². The molecule has 1 fully saturated rings. The van der Waals surface area contributed by atoms with Crippen molar-refractivity contribution in [3.63, 3.8) is 0 Å². The van der Waals surface area contributed by atoms with E-state index in [2.05, 4.69) is 0 Å². The van der Waals surface area contributed by atoms with Crippen molar-refractivity contribution in [1.82, 2.24) is 0 Å². The Bertz CT molecular complexity index is 930. The molecule has 0 spiro atoms. The van der Waals surface area contributed by atoms with Crippen molar-refractivity contribution in [1.29, 1.82) is 0 Å². The molecular formula is C18H14N2O5S. The Kier molecular flexibility index (Phi) is 3.96. The van der Waals surface area contributed by atoms with Crippen LogP contribution >= 0.6 is 12.2 Å². The van der Waals surface area contributed by atoms with Gasteiger partial charge in [-0.15, -0.1) is 0 Å². The molecule has 0 aliphatic carbocycles. The highest BCUT2D eigenvalue weighted by molar-refractivity contribution is 7.81. The molecule has 8 heteroatoms. The molecule has 0 aromatic heterocycles. The molecule has 26 heavy (non-hydrogen) atoms. The molecule has 132 valence electrons. The Hall–Kier alpha value is -3.13. The summed E-state index contributed by atoms with van der Waals surface area (Å²) in [4.78, 5) is 27.7. The molecule has 0 N–H and O–H groups in total. The fourth-order valence-corrected chi connectivity index (χ4v) is 3.34. The molecule has 0 atom stereocenters. The van der Waals surface area contributed by atoms with Gasteiger partial charge in [-0.05, 0) is 36.5 Å². The van der Waals surface area contributed by atoms with Gasteiger partial charge in [0.25, 0.3) is 0 Å². The number of rotatable bonds is 3. The molecule has 0 bridgehead atoms. The molecule has 2 heterocycles. The minimum absolute atomic E-state index is 0.0645. The number of hydrogen-bond acceptors (Lipinski definition) is 6. The van der Waals surface area contributed by atoms with E-state index in [1.165, 1.54) is 16.9 Å². The number of thiocarbonyl (C=S) groups is 1. The SMILES string of the molecule is COc1ccccc1N1C(=O)CC(=O)N(c2ccc3c(c2)OCO3)C1=S. The zero-order valence-corrected chi connectivity index (χ0v) is 14.6. The maximum Gasteiger partial charge on any atom is 0.242 e. The van der Waals surface area contributed by atoms with Gasteiger partial charge in [-0.1, -0.05) is 12.1 Å². The summed E-state index contributed by atoms with van der Waals surface area (Å²) < 4.78 is 16.0. The van der Waals surface area contributed by atoms with Crippen LogP contribution in [0.2, 0.25) is 0 Å². The van der Waals surface area contributed by atoms with E-state index in [9.17, 15) is 9.59 Å². The summed E-state index contributed by atoms with van der Waals surface area (Å²) in [7, 11) is 1.51. The fourth-order valence-electron chi connectivity index (χ4n) is 2.93. The lowest BCUT2D eigenvalue weighted by Gasteiger charge is -2.35. The molecule has 0 radical (unpaired) electrons. The topological polar surface area (TPSA) is 68.3 Å². The average Bonchev–Trinajstić information content (AvgIpc) is 3.09. The molecular weight excluding hydrogens is 356 g/mol. The molecule has 2 amide bonds. The van der Waals surface area contributed by atoms with Crippen molar-refractivity contribution in [3.05, 3.63) is 42.5 Å². The number of hydrogen-bond donors (Lipinski definition) is 0. The minimum Gasteiger partial charge on any atom is -0.495 e. The summed E-state index contributed by atoms with van der Waals surface area (Å²) in [5.41, 5.74) is 1.000. The quantitative estimate of drug-likeness (QED) is 0.611. The number of nitrogens with zero attached hydrogens (tertiary/aromatic N) is 2. The Balaban J connectivity index is 1.75. The average molecular weight is 370 g/mol. The standard InChI is InChI=1S/C18H14N2O5S/c1-23-13-5-3-2-4-12(13)20-17(22)9-16(21)19(18(20)26)11-6-7-14-15(8-11)25-10-24-14/h2-8H,9-10H2,1H3. The number of amides is 2. The first-order valence-corrected chi connectivity index (χ1v) is 8.23. The highest BCUT2D eigenvalue weighted by Crippen LogP contribution is 2.38. The summed E-state index contributed by atoms with van der Waals surface area (Å²) >= 11 is 5.48. The lowest BCUT2D eigenvalue weighted by molar-refractivity contribution is -0.126. The van der Waals surface area contributed by atoms with Crippen molar-refractivity contribution in [2.24, 2.45) is 0 Å². The van der Waals surface area contributed by atoms with Gasteiger partial charge < -0.3 is 14.2 Å². The highest BCUT2D eigenvalue weighted by Gasteiger charge is 2.38. The number of para-hydroxylation sites is 2. The minimum atomic E-state index is -0.401. The number of fused-ring (bicyclic) bond motifs is 1. The molecule has 4 rings (SSSR count). The first kappa shape index (κ1) is 16.3. The Labute approximate surface area is 154 Å². The smallest absolute Gasteiger partial charge is 0.242 e. The van der Waals surface area contributed by atoms with E-state index >= 15 is 0 Å². The summed E-state index contributed by atoms with van der Waals surface area (Å²) in [6, 6.07) is 12.1. The van der Waals surface area contributed by atoms with Crippen LogP contribution in [0.1, 0.15) is 6.42 Å². The summed E-state index contributed by atoms with van der Waals surface area (Å²) in [6.45, 7) is 0.128. The lowest BCUT2D eigenvalue weighted by Crippen LogP contribution is -2.55. The predicted octanol–water partition coefficient (Wildman–Crippen LogP) is 2.48. The number of carbonyl (C=O) groups is 2. The van der Waals surface area contributed by atoms with Gasteiger partial charge >= 0.3 is 0 Å². The van der Waals surface area contributed by atoms with Crippen LogP contribution in [0.25, 0.3) is 0 Å². The summed E-state index contributed by atoms with van der Waals surface area (Å²) in [5, 5.41) is 0.0645. The maximum absolute atomic E-state index is 12.5. The van der Waals surface area contributed by atoms with E-state index < -0.39 is 11.8 Å². The molecule has 1 saturated heterocycles. The van der Waals surface area contributed by atoms with Crippen molar-refractivity contribution < 1.29 is 23.8 Å². The van der Waals surface area contributed by atoms with E-state index in [1.54, 1.807) is 42.5 Å². The molecule has 2 aliphatic heterocycles. The summed E-state index contributed by atoms with van der Waals surface area (Å²) in [5.74, 6) is 0.815. The van der Waals surface area contributed by atoms with Crippen molar-refractivity contribution in [3.8, 4) is 17.2 Å². The molecule has 0 saturated carbocycles. The highest BCUT2D eigenvalue weighted by atomic mass is 32.1. The predicted molar refractivity (Wildman–Crippen MR) is 97.7 cm³/mol. The van der Waals surface area contributed by atoms with Crippen LogP contribution in [-0.4, -0.2) is 30.8 Å². The van der Waals surface area contributed by atoms with E-state index in [-0.39, 0.29) is 18.3 Å². The zero-order valence-electron chi connectivity index (χ0n) is 13.8. The number of methoxy groups -OCH3 is 1. The van der Waals surface area contributed by atoms with Crippen molar-refractivity contribution in [2.45, 2.75) is 6.42 Å². The van der Waals surface area contributed by atoms with Gasteiger partial charge in [0.1, 0.15) is 12.2 Å². The van der Waals surface area contributed by atoms with Gasteiger partial charge in [0.2, 0.25) is 18.6 Å². The maximum atomic E-state index is 12.5. The van der Waals surface area contributed by atoms with Crippen LogP contribution in [0.3, 0.4) is 0 Å². The number of carbonyl (C=O) groups excluding carboxylic acids is 2. The fraction of sp³-hybridized carbons (Fsp3) is 0.167. The van der Waals surface area contributed by atoms with Gasteiger partial charge in [-0.3, -0.25) is 19.4 Å². The van der Waals surface area contributed by atoms with Gasteiger partial charge in [-0.25, -0.2) is 0 Å². The first-order valence-electron chi connectivity index (χ1n) is 7.82. The largest absolute Gasteiger partial charge is 0.495 e. The van der Waals surface area contributed by atoms with Gasteiger partial charge in [0, 0.05) is 6.07 Å². The molecule has 0 unspecified atom stereocenters. The van der Waals surface area contributed by atoms with E-state index in [0.717, 1.165) is 0 Å². The monoisotopic (exact) mass is 370 g/mol. The number of benzene rings is 2. The first-order chi connectivity index (χ1) is 12.6. The van der Waals surface area contributed by atoms with Gasteiger partial charge in [0.05, 0.1) is 18.5 Å². The van der Waals surface area contributed by atoms with Crippen LogP contribution in [0.4, 0.5) is 11.4 Å². The molecule has 2 aromatic rings. The van der Waals surface area contributed by atoms with Crippen LogP contribution < -0.4 is 24.0 Å². The lowest BCUT2D eigenvalue weighted by atomic mass is 10.1. The van der Waals surface area contributed by atoms with Crippen LogP contribution in [0.15, 0.2) is 42.5 Å². The van der Waals surface area contributed by atoms with Crippen molar-refractivity contribution >= 4 is 40.5 Å². The Morgan fingerprint density at radius 2 is 1.73 bits per heavy atom. The normalized spacial score (nSPS) is 16.3. The van der Waals surface area contributed by atoms with Crippen LogP contribution in [0.5, 0.6) is 17.2 Å². The third-order valence-corrected chi connectivity index (χ3v) is 4.49. The van der Waals surface area contributed by atoms with Crippen molar-refractivity contribution in [2.75, 3.05) is 23.7 Å². The third kappa shape index (κ3) is 2.55. The summed E-state index contributed by atoms with van der Waals surface area (Å²) in [6.07, 6.45) is -0.299. The van der Waals surface area contributed by atoms with E-state index in [1.807, 2.05) is 0 Å². The second-order valence-electron chi connectivity index (χ2n) is 5.63.